The number of hydrogen-bond acceptors (Lipinski definition) is 1. The molecule has 0 fully saturated rings. The summed E-state index contributed by atoms with van der Waals surface area (Å²) in [6, 6.07) is 9.02. The Bertz CT molecular complexity index is 548. The summed E-state index contributed by atoms with van der Waals surface area (Å²) < 4.78 is 2.66. The van der Waals surface area contributed by atoms with Crippen molar-refractivity contribution in [3.63, 3.8) is 0 Å². The monoisotopic (exact) mass is 312 g/mol. The molecule has 0 spiro atoms. The van der Waals surface area contributed by atoms with E-state index in [1.165, 1.54) is 0 Å². The largest absolute Gasteiger partial charge is 0.345 e. The summed E-state index contributed by atoms with van der Waals surface area (Å²) in [6.45, 7) is 0. The minimum absolute atomic E-state index is 0.179. The van der Waals surface area contributed by atoms with E-state index in [9.17, 15) is 4.79 Å². The van der Waals surface area contributed by atoms with Crippen LogP contribution in [0.25, 0.3) is 0 Å². The Morgan fingerprint density at radius 2 is 2.00 bits per heavy atom. The number of benzene rings is 1. The third kappa shape index (κ3) is 2.90. The SMILES string of the molecule is Cn1cc(Cl)cc1C(=O)Nc1ccc(Br)cc1. The fraction of sp³-hybridized carbons (Fsp3) is 0.0833. The van der Waals surface area contributed by atoms with Crippen molar-refractivity contribution in [2.24, 2.45) is 7.05 Å². The second kappa shape index (κ2) is 4.94. The molecule has 5 heteroatoms. The van der Waals surface area contributed by atoms with Crippen LogP contribution in [0.4, 0.5) is 5.69 Å². The quantitative estimate of drug-likeness (QED) is 0.901. The van der Waals surface area contributed by atoms with Gasteiger partial charge in [-0.15, -0.1) is 0 Å². The number of aromatic nitrogens is 1. The van der Waals surface area contributed by atoms with Gasteiger partial charge in [0.25, 0.3) is 5.91 Å². The first kappa shape index (κ1) is 12.2. The van der Waals surface area contributed by atoms with Crippen LogP contribution in [0, 0.1) is 0 Å². The topological polar surface area (TPSA) is 34.0 Å². The molecule has 1 aromatic heterocycles. The minimum atomic E-state index is -0.179. The van der Waals surface area contributed by atoms with E-state index >= 15 is 0 Å². The van der Waals surface area contributed by atoms with E-state index in [0.717, 1.165) is 10.2 Å². The van der Waals surface area contributed by atoms with Gasteiger partial charge < -0.3 is 9.88 Å². The Morgan fingerprint density at radius 3 is 2.53 bits per heavy atom. The molecule has 0 saturated carbocycles. The molecule has 0 aliphatic heterocycles. The van der Waals surface area contributed by atoms with Gasteiger partial charge in [-0.3, -0.25) is 4.79 Å². The van der Waals surface area contributed by atoms with Crippen LogP contribution in [-0.2, 0) is 7.05 Å². The smallest absolute Gasteiger partial charge is 0.272 e. The molecular formula is C12H10BrClN2O. The maximum Gasteiger partial charge on any atom is 0.272 e. The average molecular weight is 314 g/mol. The van der Waals surface area contributed by atoms with E-state index in [-0.39, 0.29) is 5.91 Å². The highest BCUT2D eigenvalue weighted by molar-refractivity contribution is 9.10. The van der Waals surface area contributed by atoms with Crippen LogP contribution in [0.1, 0.15) is 10.5 Å². The van der Waals surface area contributed by atoms with Gasteiger partial charge in [0.15, 0.2) is 0 Å². The summed E-state index contributed by atoms with van der Waals surface area (Å²) in [5.74, 6) is -0.179. The molecule has 3 nitrogen and oxygen atoms in total. The van der Waals surface area contributed by atoms with E-state index < -0.39 is 0 Å². The molecule has 0 aliphatic carbocycles. The van der Waals surface area contributed by atoms with Crippen molar-refractivity contribution < 1.29 is 4.79 Å². The Labute approximate surface area is 113 Å². The van der Waals surface area contributed by atoms with Crippen LogP contribution in [0.3, 0.4) is 0 Å². The first-order valence-corrected chi connectivity index (χ1v) is 6.12. The van der Waals surface area contributed by atoms with Crippen molar-refractivity contribution >= 4 is 39.1 Å². The van der Waals surface area contributed by atoms with Gasteiger partial charge in [0.2, 0.25) is 0 Å². The lowest BCUT2D eigenvalue weighted by atomic mass is 10.3. The lowest BCUT2D eigenvalue weighted by Gasteiger charge is -2.05. The summed E-state index contributed by atoms with van der Waals surface area (Å²) in [5, 5.41) is 3.35. The van der Waals surface area contributed by atoms with Gasteiger partial charge in [-0.1, -0.05) is 27.5 Å². The van der Waals surface area contributed by atoms with Crippen LogP contribution in [-0.4, -0.2) is 10.5 Å². The van der Waals surface area contributed by atoms with Gasteiger partial charge in [-0.05, 0) is 30.3 Å². The summed E-state index contributed by atoms with van der Waals surface area (Å²) in [7, 11) is 1.78. The van der Waals surface area contributed by atoms with Crippen LogP contribution < -0.4 is 5.32 Å². The zero-order valence-corrected chi connectivity index (χ0v) is 11.4. The van der Waals surface area contributed by atoms with Gasteiger partial charge in [-0.2, -0.15) is 0 Å². The Hall–Kier alpha value is -1.26. The molecule has 2 aromatic rings. The van der Waals surface area contributed by atoms with E-state index in [1.54, 1.807) is 23.9 Å². The number of anilines is 1. The predicted molar refractivity (Wildman–Crippen MR) is 72.5 cm³/mol. The van der Waals surface area contributed by atoms with Crippen LogP contribution in [0.15, 0.2) is 41.0 Å². The van der Waals surface area contributed by atoms with Crippen LogP contribution in [0.2, 0.25) is 5.02 Å². The van der Waals surface area contributed by atoms with Gasteiger partial charge >= 0.3 is 0 Å². The zero-order valence-electron chi connectivity index (χ0n) is 9.08. The number of hydrogen-bond donors (Lipinski definition) is 1. The van der Waals surface area contributed by atoms with Crippen molar-refractivity contribution in [1.29, 1.82) is 0 Å². The molecule has 1 N–H and O–H groups in total. The number of rotatable bonds is 2. The lowest BCUT2D eigenvalue weighted by Crippen LogP contribution is -2.15. The molecule has 1 aromatic carbocycles. The summed E-state index contributed by atoms with van der Waals surface area (Å²) in [6.07, 6.45) is 1.69. The molecule has 0 bridgehead atoms. The highest BCUT2D eigenvalue weighted by Crippen LogP contribution is 2.17. The first-order chi connectivity index (χ1) is 8.06. The molecule has 88 valence electrons. The maximum absolute atomic E-state index is 11.9. The molecule has 1 amide bonds. The number of amides is 1. The number of aryl methyl sites for hydroxylation is 1. The normalized spacial score (nSPS) is 10.3. The molecule has 0 unspecified atom stereocenters. The third-order valence-electron chi connectivity index (χ3n) is 2.31. The minimum Gasteiger partial charge on any atom is -0.345 e. The standard InChI is InChI=1S/C12H10BrClN2O/c1-16-7-9(14)6-11(16)12(17)15-10-4-2-8(13)3-5-10/h2-7H,1H3,(H,15,17). The van der Waals surface area contributed by atoms with Crippen LogP contribution in [0.5, 0.6) is 0 Å². The predicted octanol–water partition coefficient (Wildman–Crippen LogP) is 3.69. The number of carbonyl (C=O) groups excluding carboxylic acids is 1. The van der Waals surface area contributed by atoms with Gasteiger partial charge in [0.05, 0.1) is 5.02 Å². The van der Waals surface area contributed by atoms with Crippen molar-refractivity contribution in [3.8, 4) is 0 Å². The first-order valence-electron chi connectivity index (χ1n) is 4.95. The van der Waals surface area contributed by atoms with Crippen molar-refractivity contribution in [2.45, 2.75) is 0 Å². The molecule has 1 heterocycles. The zero-order chi connectivity index (χ0) is 12.4. The summed E-state index contributed by atoms with van der Waals surface area (Å²) >= 11 is 9.16. The van der Waals surface area contributed by atoms with E-state index in [1.807, 2.05) is 24.3 Å². The van der Waals surface area contributed by atoms with Gasteiger partial charge in [-0.25, -0.2) is 0 Å². The molecule has 0 atom stereocenters. The summed E-state index contributed by atoms with van der Waals surface area (Å²) in [4.78, 5) is 11.9. The number of nitrogens with one attached hydrogen (secondary N) is 1. The molecule has 0 radical (unpaired) electrons. The number of nitrogens with zero attached hydrogens (tertiary/aromatic N) is 1. The second-order valence-electron chi connectivity index (χ2n) is 3.62. The number of halogens is 2. The van der Waals surface area contributed by atoms with E-state index in [2.05, 4.69) is 21.2 Å². The van der Waals surface area contributed by atoms with Gasteiger partial charge in [0.1, 0.15) is 5.69 Å². The maximum atomic E-state index is 11.9. The molecular weight excluding hydrogens is 304 g/mol. The summed E-state index contributed by atoms with van der Waals surface area (Å²) in [5.41, 5.74) is 1.27. The van der Waals surface area contributed by atoms with E-state index in [4.69, 9.17) is 11.6 Å². The molecule has 0 aliphatic rings. The highest BCUT2D eigenvalue weighted by Gasteiger charge is 2.11. The van der Waals surface area contributed by atoms with Crippen LogP contribution >= 0.6 is 27.5 Å². The van der Waals surface area contributed by atoms with Gasteiger partial charge in [0, 0.05) is 23.4 Å². The van der Waals surface area contributed by atoms with Crippen molar-refractivity contribution in [3.05, 3.63) is 51.7 Å². The Morgan fingerprint density at radius 1 is 1.35 bits per heavy atom. The molecule has 0 saturated heterocycles. The lowest BCUT2D eigenvalue weighted by molar-refractivity contribution is 0.101. The highest BCUT2D eigenvalue weighted by atomic mass is 79.9. The Balaban J connectivity index is 2.17. The average Bonchev–Trinajstić information content (AvgIpc) is 2.61. The van der Waals surface area contributed by atoms with E-state index in [0.29, 0.717) is 10.7 Å². The molecule has 2 rings (SSSR count). The second-order valence-corrected chi connectivity index (χ2v) is 4.97. The molecule has 17 heavy (non-hydrogen) atoms. The fourth-order valence-electron chi connectivity index (χ4n) is 1.48. The number of carbonyl (C=O) groups is 1. The van der Waals surface area contributed by atoms with Crippen molar-refractivity contribution in [1.82, 2.24) is 4.57 Å². The Kier molecular flexibility index (Phi) is 3.54. The fourth-order valence-corrected chi connectivity index (χ4v) is 1.99. The van der Waals surface area contributed by atoms with Crippen molar-refractivity contribution in [2.75, 3.05) is 5.32 Å². The third-order valence-corrected chi connectivity index (χ3v) is 3.04.